The quantitative estimate of drug-likeness (QED) is 0.356. The maximum Gasteiger partial charge on any atom is 0.240 e. The van der Waals surface area contributed by atoms with E-state index in [0.717, 1.165) is 43.5 Å². The largest absolute Gasteiger partial charge is 0.388 e. The second kappa shape index (κ2) is 10.3. The van der Waals surface area contributed by atoms with Crippen molar-refractivity contribution >= 4 is 32.5 Å². The third-order valence-corrected chi connectivity index (χ3v) is 7.19. The second-order valence-electron chi connectivity index (χ2n) is 7.94. The van der Waals surface area contributed by atoms with E-state index < -0.39 is 22.4 Å². The van der Waals surface area contributed by atoms with Gasteiger partial charge in [-0.15, -0.1) is 0 Å². The Labute approximate surface area is 193 Å². The van der Waals surface area contributed by atoms with Gasteiger partial charge in [-0.1, -0.05) is 30.3 Å². The van der Waals surface area contributed by atoms with E-state index in [1.54, 1.807) is 12.1 Å². The highest BCUT2D eigenvalue weighted by Gasteiger charge is 2.20. The summed E-state index contributed by atoms with van der Waals surface area (Å²) in [7, 11) is -3.54. The van der Waals surface area contributed by atoms with Crippen molar-refractivity contribution in [1.29, 1.82) is 0 Å². The molecule has 0 spiro atoms. The minimum Gasteiger partial charge on any atom is -0.388 e. The Kier molecular flexibility index (Phi) is 7.29. The first kappa shape index (κ1) is 23.2. The van der Waals surface area contributed by atoms with E-state index in [9.17, 15) is 13.2 Å². The van der Waals surface area contributed by atoms with Gasteiger partial charge in [-0.2, -0.15) is 0 Å². The maximum absolute atomic E-state index is 12.6. The number of nitrogens with one attached hydrogen (secondary N) is 1. The average Bonchev–Trinajstić information content (AvgIpc) is 2.86. The van der Waals surface area contributed by atoms with Gasteiger partial charge in [0.2, 0.25) is 16.0 Å². The number of aliphatic hydroxyl groups is 1. The molecule has 33 heavy (non-hydrogen) atoms. The van der Waals surface area contributed by atoms with Crippen molar-refractivity contribution in [2.24, 2.45) is 0 Å². The van der Waals surface area contributed by atoms with Crippen LogP contribution in [0.1, 0.15) is 16.8 Å². The summed E-state index contributed by atoms with van der Waals surface area (Å²) in [6.07, 6.45) is 3.59. The van der Waals surface area contributed by atoms with Crippen molar-refractivity contribution in [3.8, 4) is 0 Å². The molecule has 3 aromatic rings. The molecule has 0 bridgehead atoms. The first-order chi connectivity index (χ1) is 16.0. The van der Waals surface area contributed by atoms with Crippen LogP contribution >= 0.6 is 0 Å². The van der Waals surface area contributed by atoms with E-state index in [1.165, 1.54) is 12.4 Å². The molecule has 1 aromatic heterocycles. The van der Waals surface area contributed by atoms with Crippen molar-refractivity contribution in [1.82, 2.24) is 19.6 Å². The van der Waals surface area contributed by atoms with E-state index in [4.69, 9.17) is 5.11 Å². The Balaban J connectivity index is 1.22. The predicted octanol–water partition coefficient (Wildman–Crippen LogP) is 1.30. The number of anilines is 1. The zero-order valence-corrected chi connectivity index (χ0v) is 19.0. The molecule has 4 rings (SSSR count). The fourth-order valence-electron chi connectivity index (χ4n) is 3.82. The summed E-state index contributed by atoms with van der Waals surface area (Å²) >= 11 is 0. The zero-order chi connectivity index (χ0) is 23.3. The van der Waals surface area contributed by atoms with Gasteiger partial charge in [0.25, 0.3) is 0 Å². The average molecular weight is 470 g/mol. The monoisotopic (exact) mass is 469 g/mol. The lowest BCUT2D eigenvalue weighted by molar-refractivity contribution is 0.0903. The lowest BCUT2D eigenvalue weighted by atomic mass is 10.1. The molecule has 1 fully saturated rings. The van der Waals surface area contributed by atoms with Gasteiger partial charge in [-0.3, -0.25) is 9.69 Å². The van der Waals surface area contributed by atoms with Gasteiger partial charge in [-0.05, 0) is 35.9 Å². The van der Waals surface area contributed by atoms with Gasteiger partial charge in [-0.25, -0.2) is 23.1 Å². The van der Waals surface area contributed by atoms with Crippen LogP contribution in [-0.2, 0) is 10.0 Å². The Morgan fingerprint density at radius 3 is 2.39 bits per heavy atom. The first-order valence-corrected chi connectivity index (χ1v) is 12.4. The Bertz CT molecular complexity index is 1210. The third kappa shape index (κ3) is 5.72. The normalized spacial score (nSPS) is 15.1. The number of hydrogen-bond acceptors (Lipinski definition) is 8. The lowest BCUT2D eigenvalue weighted by Gasteiger charge is -2.34. The van der Waals surface area contributed by atoms with Gasteiger partial charge < -0.3 is 10.0 Å². The van der Waals surface area contributed by atoms with E-state index in [1.807, 2.05) is 35.2 Å². The summed E-state index contributed by atoms with van der Waals surface area (Å²) in [5.41, 5.74) is 0.297. The fraction of sp³-hybridized carbons (Fsp3) is 0.348. The first-order valence-electron chi connectivity index (χ1n) is 10.9. The Morgan fingerprint density at radius 1 is 1.00 bits per heavy atom. The molecule has 0 aliphatic carbocycles. The van der Waals surface area contributed by atoms with Crippen molar-refractivity contribution in [2.75, 3.05) is 50.8 Å². The number of fused-ring (bicyclic) bond motifs is 1. The summed E-state index contributed by atoms with van der Waals surface area (Å²) in [4.78, 5) is 24.5. The molecule has 9 nitrogen and oxygen atoms in total. The van der Waals surface area contributed by atoms with E-state index in [0.29, 0.717) is 24.5 Å². The zero-order valence-electron chi connectivity index (χ0n) is 18.2. The van der Waals surface area contributed by atoms with Crippen molar-refractivity contribution < 1.29 is 18.3 Å². The van der Waals surface area contributed by atoms with Crippen LogP contribution in [0, 0.1) is 0 Å². The molecule has 1 saturated heterocycles. The molecule has 174 valence electrons. The standard InChI is InChI=1S/C23H27N5O4S/c29-17-22(30)20-15-24-23(25-16-20)28-12-10-27(11-13-28)9-3-8-26-33(31,32)21-7-6-18-4-1-2-5-19(18)14-21/h1-2,4-7,14-16,26,29H,3,8-13,17H2. The highest BCUT2D eigenvalue weighted by atomic mass is 32.2. The number of piperazine rings is 1. The van der Waals surface area contributed by atoms with Gasteiger partial charge in [0.05, 0.1) is 10.5 Å². The maximum atomic E-state index is 12.6. The molecule has 10 heteroatoms. The van der Waals surface area contributed by atoms with Crippen LogP contribution in [0.4, 0.5) is 5.95 Å². The fourth-order valence-corrected chi connectivity index (χ4v) is 4.93. The van der Waals surface area contributed by atoms with Gasteiger partial charge in [0.1, 0.15) is 6.61 Å². The minimum atomic E-state index is -3.54. The predicted molar refractivity (Wildman–Crippen MR) is 126 cm³/mol. The molecule has 0 amide bonds. The van der Waals surface area contributed by atoms with Crippen LogP contribution in [-0.4, -0.2) is 80.1 Å². The molecule has 1 aliphatic heterocycles. The number of ketones is 1. The number of nitrogens with zero attached hydrogens (tertiary/aromatic N) is 4. The Morgan fingerprint density at radius 2 is 1.70 bits per heavy atom. The van der Waals surface area contributed by atoms with Crippen LogP contribution < -0.4 is 9.62 Å². The molecular formula is C23H27N5O4S. The second-order valence-corrected chi connectivity index (χ2v) is 9.71. The number of Topliss-reactive ketones (excluding diaryl/α,β-unsaturated/α-hetero) is 1. The van der Waals surface area contributed by atoms with Gasteiger partial charge in [0.15, 0.2) is 5.78 Å². The molecule has 2 aromatic carbocycles. The molecule has 0 unspecified atom stereocenters. The Hall–Kier alpha value is -2.92. The third-order valence-electron chi connectivity index (χ3n) is 5.73. The van der Waals surface area contributed by atoms with Gasteiger partial charge in [0, 0.05) is 45.1 Å². The van der Waals surface area contributed by atoms with E-state index in [-0.39, 0.29) is 4.90 Å². The minimum absolute atomic E-state index is 0.279. The van der Waals surface area contributed by atoms with Crippen LogP contribution in [0.15, 0.2) is 59.8 Å². The summed E-state index contributed by atoms with van der Waals surface area (Å²) in [6.45, 7) is 3.74. The van der Waals surface area contributed by atoms with E-state index in [2.05, 4.69) is 19.6 Å². The van der Waals surface area contributed by atoms with Crippen LogP contribution in [0.25, 0.3) is 10.8 Å². The molecule has 2 N–H and O–H groups in total. The van der Waals surface area contributed by atoms with Gasteiger partial charge >= 0.3 is 0 Å². The molecule has 0 atom stereocenters. The molecular weight excluding hydrogens is 442 g/mol. The number of benzene rings is 2. The molecule has 1 aliphatic rings. The summed E-state index contributed by atoms with van der Waals surface area (Å²) < 4.78 is 28.0. The number of rotatable bonds is 9. The van der Waals surface area contributed by atoms with Crippen LogP contribution in [0.2, 0.25) is 0 Å². The highest BCUT2D eigenvalue weighted by molar-refractivity contribution is 7.89. The number of aromatic nitrogens is 2. The number of aliphatic hydroxyl groups excluding tert-OH is 1. The highest BCUT2D eigenvalue weighted by Crippen LogP contribution is 2.19. The molecule has 2 heterocycles. The van der Waals surface area contributed by atoms with E-state index >= 15 is 0 Å². The summed E-state index contributed by atoms with van der Waals surface area (Å²) in [5.74, 6) is 0.162. The molecule has 0 radical (unpaired) electrons. The van der Waals surface area contributed by atoms with Crippen molar-refractivity contribution in [3.05, 3.63) is 60.4 Å². The topological polar surface area (TPSA) is 116 Å². The lowest BCUT2D eigenvalue weighted by Crippen LogP contribution is -2.47. The van der Waals surface area contributed by atoms with Crippen LogP contribution in [0.5, 0.6) is 0 Å². The SMILES string of the molecule is O=C(CO)c1cnc(N2CCN(CCCNS(=O)(=O)c3ccc4ccccc4c3)CC2)nc1. The number of carbonyl (C=O) groups is 1. The summed E-state index contributed by atoms with van der Waals surface area (Å²) in [5, 5.41) is 10.8. The number of hydrogen-bond donors (Lipinski definition) is 2. The van der Waals surface area contributed by atoms with Crippen LogP contribution in [0.3, 0.4) is 0 Å². The number of carbonyl (C=O) groups excluding carboxylic acids is 1. The molecule has 0 saturated carbocycles. The summed E-state index contributed by atoms with van der Waals surface area (Å²) in [6, 6.07) is 12.8. The smallest absolute Gasteiger partial charge is 0.240 e. The number of sulfonamides is 1. The van der Waals surface area contributed by atoms with Crippen molar-refractivity contribution in [2.45, 2.75) is 11.3 Å². The van der Waals surface area contributed by atoms with Crippen molar-refractivity contribution in [3.63, 3.8) is 0 Å².